The zero-order valence-corrected chi connectivity index (χ0v) is 9.80. The second-order valence-corrected chi connectivity index (χ2v) is 4.57. The average Bonchev–Trinajstić information content (AvgIpc) is 3.12. The van der Waals surface area contributed by atoms with Crippen LogP contribution in [-0.2, 0) is 6.54 Å². The molecular formula is C12H15FN2O3. The number of nitrogens with zero attached hydrogens (tertiary/aromatic N) is 1. The van der Waals surface area contributed by atoms with Gasteiger partial charge in [0.05, 0.1) is 11.0 Å². The lowest BCUT2D eigenvalue weighted by atomic mass is 10.1. The summed E-state index contributed by atoms with van der Waals surface area (Å²) in [6, 6.07) is 3.37. The van der Waals surface area contributed by atoms with E-state index < -0.39 is 16.8 Å². The van der Waals surface area contributed by atoms with Crippen molar-refractivity contribution in [3.05, 3.63) is 39.7 Å². The minimum absolute atomic E-state index is 0.107. The van der Waals surface area contributed by atoms with Crippen molar-refractivity contribution in [1.29, 1.82) is 0 Å². The lowest BCUT2D eigenvalue weighted by Gasteiger charge is -2.10. The van der Waals surface area contributed by atoms with Gasteiger partial charge >= 0.3 is 0 Å². The van der Waals surface area contributed by atoms with E-state index in [0.717, 1.165) is 31.0 Å². The molecule has 1 saturated carbocycles. The van der Waals surface area contributed by atoms with Crippen LogP contribution < -0.4 is 5.32 Å². The highest BCUT2D eigenvalue weighted by Gasteiger charge is 2.29. The van der Waals surface area contributed by atoms with Crippen molar-refractivity contribution in [3.63, 3.8) is 0 Å². The van der Waals surface area contributed by atoms with Gasteiger partial charge in [-0.05, 0) is 30.9 Å². The van der Waals surface area contributed by atoms with Crippen molar-refractivity contribution in [2.75, 3.05) is 6.54 Å². The van der Waals surface area contributed by atoms with Crippen LogP contribution in [0.2, 0.25) is 0 Å². The van der Waals surface area contributed by atoms with Crippen LogP contribution in [0.4, 0.5) is 10.1 Å². The van der Waals surface area contributed by atoms with Crippen molar-refractivity contribution in [1.82, 2.24) is 5.32 Å². The van der Waals surface area contributed by atoms with Gasteiger partial charge in [-0.15, -0.1) is 0 Å². The van der Waals surface area contributed by atoms with Crippen LogP contribution in [0, 0.1) is 21.8 Å². The maximum atomic E-state index is 13.0. The highest BCUT2D eigenvalue weighted by atomic mass is 19.1. The normalized spacial score (nSPS) is 16.6. The first-order valence-corrected chi connectivity index (χ1v) is 5.89. The molecule has 0 saturated heterocycles. The fourth-order valence-electron chi connectivity index (χ4n) is 1.88. The summed E-state index contributed by atoms with van der Waals surface area (Å²) in [7, 11) is 0. The molecule has 98 valence electrons. The van der Waals surface area contributed by atoms with Gasteiger partial charge in [-0.25, -0.2) is 4.39 Å². The molecule has 0 radical (unpaired) electrons. The summed E-state index contributed by atoms with van der Waals surface area (Å²) < 4.78 is 13.0. The highest BCUT2D eigenvalue weighted by molar-refractivity contribution is 5.40. The third-order valence-electron chi connectivity index (χ3n) is 3.07. The third-order valence-corrected chi connectivity index (χ3v) is 3.07. The Morgan fingerprint density at radius 1 is 1.56 bits per heavy atom. The van der Waals surface area contributed by atoms with E-state index in [2.05, 4.69) is 5.32 Å². The molecule has 1 fully saturated rings. The predicted molar refractivity (Wildman–Crippen MR) is 63.5 cm³/mol. The van der Waals surface area contributed by atoms with E-state index in [-0.39, 0.29) is 12.2 Å². The highest BCUT2D eigenvalue weighted by Crippen LogP contribution is 2.32. The summed E-state index contributed by atoms with van der Waals surface area (Å²) in [5, 5.41) is 23.3. The molecule has 0 bridgehead atoms. The van der Waals surface area contributed by atoms with Crippen LogP contribution in [0.5, 0.6) is 0 Å². The van der Waals surface area contributed by atoms with Crippen molar-refractivity contribution < 1.29 is 14.4 Å². The molecule has 0 heterocycles. The molecule has 0 aliphatic heterocycles. The zero-order valence-electron chi connectivity index (χ0n) is 9.80. The number of hydrogen-bond donors (Lipinski definition) is 2. The molecule has 0 aromatic heterocycles. The molecule has 0 spiro atoms. The van der Waals surface area contributed by atoms with Gasteiger partial charge in [-0.1, -0.05) is 0 Å². The largest absolute Gasteiger partial charge is 0.392 e. The van der Waals surface area contributed by atoms with Gasteiger partial charge < -0.3 is 10.4 Å². The lowest BCUT2D eigenvalue weighted by Crippen LogP contribution is -2.28. The van der Waals surface area contributed by atoms with Gasteiger partial charge in [-0.3, -0.25) is 10.1 Å². The van der Waals surface area contributed by atoms with Gasteiger partial charge in [0, 0.05) is 24.7 Å². The second kappa shape index (κ2) is 5.41. The molecular weight excluding hydrogens is 239 g/mol. The topological polar surface area (TPSA) is 75.4 Å². The van der Waals surface area contributed by atoms with E-state index in [4.69, 9.17) is 0 Å². The number of nitro groups is 1. The van der Waals surface area contributed by atoms with Crippen LogP contribution in [0.15, 0.2) is 18.2 Å². The van der Waals surface area contributed by atoms with E-state index in [9.17, 15) is 19.6 Å². The Bertz CT molecular complexity index is 449. The summed E-state index contributed by atoms with van der Waals surface area (Å²) in [5.74, 6) is -0.153. The predicted octanol–water partition coefficient (Wildman–Crippen LogP) is 1.59. The SMILES string of the molecule is O=[N+]([O-])c1ccc(F)cc1CNCC(O)C1CC1. The molecule has 2 N–H and O–H groups in total. The molecule has 6 heteroatoms. The number of hydrogen-bond acceptors (Lipinski definition) is 4. The van der Waals surface area contributed by atoms with E-state index in [1.807, 2.05) is 0 Å². The van der Waals surface area contributed by atoms with Gasteiger partial charge in [0.2, 0.25) is 0 Å². The summed E-state index contributed by atoms with van der Waals surface area (Å²) >= 11 is 0. The van der Waals surface area contributed by atoms with Crippen molar-refractivity contribution >= 4 is 5.69 Å². The Hall–Kier alpha value is -1.53. The lowest BCUT2D eigenvalue weighted by molar-refractivity contribution is -0.385. The summed E-state index contributed by atoms with van der Waals surface area (Å²) in [5.41, 5.74) is 0.188. The Labute approximate surface area is 104 Å². The number of rotatable bonds is 6. The molecule has 0 amide bonds. The minimum atomic E-state index is -0.534. The summed E-state index contributed by atoms with van der Waals surface area (Å²) in [4.78, 5) is 10.2. The van der Waals surface area contributed by atoms with Crippen LogP contribution in [0.3, 0.4) is 0 Å². The number of nitrogens with one attached hydrogen (secondary N) is 1. The quantitative estimate of drug-likeness (QED) is 0.597. The molecule has 1 atom stereocenters. The molecule has 1 unspecified atom stereocenters. The van der Waals surface area contributed by atoms with Crippen molar-refractivity contribution in [2.24, 2.45) is 5.92 Å². The molecule has 2 rings (SSSR count). The van der Waals surface area contributed by atoms with Gasteiger partial charge in [0.1, 0.15) is 5.82 Å². The maximum absolute atomic E-state index is 13.0. The molecule has 1 aromatic rings. The van der Waals surface area contributed by atoms with Gasteiger partial charge in [-0.2, -0.15) is 0 Å². The second-order valence-electron chi connectivity index (χ2n) is 4.57. The van der Waals surface area contributed by atoms with E-state index in [1.165, 1.54) is 0 Å². The van der Waals surface area contributed by atoms with Crippen molar-refractivity contribution in [3.8, 4) is 0 Å². The molecule has 1 aliphatic rings. The van der Waals surface area contributed by atoms with Gasteiger partial charge in [0.15, 0.2) is 0 Å². The van der Waals surface area contributed by atoms with Crippen LogP contribution in [-0.4, -0.2) is 22.7 Å². The smallest absolute Gasteiger partial charge is 0.274 e. The minimum Gasteiger partial charge on any atom is -0.392 e. The van der Waals surface area contributed by atoms with E-state index in [0.29, 0.717) is 18.0 Å². The number of aliphatic hydroxyl groups is 1. The number of nitro benzene ring substituents is 1. The molecule has 18 heavy (non-hydrogen) atoms. The Morgan fingerprint density at radius 3 is 2.89 bits per heavy atom. The Kier molecular flexibility index (Phi) is 3.88. The van der Waals surface area contributed by atoms with Crippen LogP contribution in [0.25, 0.3) is 0 Å². The monoisotopic (exact) mass is 254 g/mol. The van der Waals surface area contributed by atoms with E-state index in [1.54, 1.807) is 0 Å². The average molecular weight is 254 g/mol. The number of benzene rings is 1. The molecule has 1 aromatic carbocycles. The molecule has 5 nitrogen and oxygen atoms in total. The molecule has 1 aliphatic carbocycles. The fraction of sp³-hybridized carbons (Fsp3) is 0.500. The zero-order chi connectivity index (χ0) is 13.1. The Balaban J connectivity index is 1.94. The van der Waals surface area contributed by atoms with Crippen molar-refractivity contribution in [2.45, 2.75) is 25.5 Å². The summed E-state index contributed by atoms with van der Waals surface area (Å²) in [6.45, 7) is 0.552. The first kappa shape index (κ1) is 12.9. The standard InChI is InChI=1S/C12H15FN2O3/c13-10-3-4-11(15(17)18)9(5-10)6-14-7-12(16)8-1-2-8/h3-5,8,12,14,16H,1-2,6-7H2. The number of halogens is 1. The fourth-order valence-corrected chi connectivity index (χ4v) is 1.88. The first-order chi connectivity index (χ1) is 8.58. The first-order valence-electron chi connectivity index (χ1n) is 5.89. The van der Waals surface area contributed by atoms with Crippen LogP contribution in [0.1, 0.15) is 18.4 Å². The van der Waals surface area contributed by atoms with E-state index >= 15 is 0 Å². The summed E-state index contributed by atoms with van der Waals surface area (Å²) in [6.07, 6.45) is 1.64. The third kappa shape index (κ3) is 3.24. The number of aliphatic hydroxyl groups excluding tert-OH is 1. The van der Waals surface area contributed by atoms with Crippen LogP contribution >= 0.6 is 0 Å². The van der Waals surface area contributed by atoms with Gasteiger partial charge in [0.25, 0.3) is 5.69 Å². The Morgan fingerprint density at radius 2 is 2.28 bits per heavy atom. The maximum Gasteiger partial charge on any atom is 0.274 e.